The van der Waals surface area contributed by atoms with E-state index in [2.05, 4.69) is 5.10 Å². The third-order valence-corrected chi connectivity index (χ3v) is 6.54. The number of amides is 1. The van der Waals surface area contributed by atoms with Crippen molar-refractivity contribution < 1.29 is 18.0 Å². The topological polar surface area (TPSA) is 89.3 Å². The van der Waals surface area contributed by atoms with Gasteiger partial charge in [-0.1, -0.05) is 18.2 Å². The lowest BCUT2D eigenvalue weighted by Gasteiger charge is -2.22. The van der Waals surface area contributed by atoms with Crippen molar-refractivity contribution in [3.8, 4) is 5.69 Å². The van der Waals surface area contributed by atoms with Crippen LogP contribution < -0.4 is 0 Å². The van der Waals surface area contributed by atoms with E-state index in [0.717, 1.165) is 5.69 Å². The molecule has 3 rings (SSSR count). The number of aryl methyl sites for hydroxylation is 1. The molecule has 2 heterocycles. The molecular weight excluding hydrogens is 354 g/mol. The Morgan fingerprint density at radius 1 is 1.19 bits per heavy atom. The summed E-state index contributed by atoms with van der Waals surface area (Å²) in [4.78, 5) is 26.7. The van der Waals surface area contributed by atoms with E-state index in [4.69, 9.17) is 0 Å². The van der Waals surface area contributed by atoms with Gasteiger partial charge < -0.3 is 4.90 Å². The molecule has 1 aromatic carbocycles. The van der Waals surface area contributed by atoms with E-state index in [0.29, 0.717) is 17.8 Å². The molecule has 1 unspecified atom stereocenters. The van der Waals surface area contributed by atoms with Gasteiger partial charge in [-0.05, 0) is 32.4 Å². The van der Waals surface area contributed by atoms with Crippen LogP contribution in [0, 0.1) is 13.8 Å². The molecular formula is C18H21N3O4S. The van der Waals surface area contributed by atoms with Crippen molar-refractivity contribution in [1.29, 1.82) is 0 Å². The molecule has 0 spiro atoms. The number of hydrogen-bond acceptors (Lipinski definition) is 5. The van der Waals surface area contributed by atoms with Gasteiger partial charge >= 0.3 is 0 Å². The monoisotopic (exact) mass is 375 g/mol. The number of para-hydroxylation sites is 1. The van der Waals surface area contributed by atoms with Gasteiger partial charge in [0, 0.05) is 13.1 Å². The highest BCUT2D eigenvalue weighted by molar-refractivity contribution is 7.91. The van der Waals surface area contributed by atoms with Crippen molar-refractivity contribution in [2.24, 2.45) is 0 Å². The Bertz CT molecular complexity index is 964. The van der Waals surface area contributed by atoms with E-state index in [1.807, 2.05) is 30.3 Å². The summed E-state index contributed by atoms with van der Waals surface area (Å²) >= 11 is 0. The molecule has 0 N–H and O–H groups in total. The van der Waals surface area contributed by atoms with E-state index in [9.17, 15) is 18.0 Å². The van der Waals surface area contributed by atoms with Crippen LogP contribution in [0.15, 0.2) is 30.3 Å². The van der Waals surface area contributed by atoms with Gasteiger partial charge in [-0.3, -0.25) is 9.59 Å². The summed E-state index contributed by atoms with van der Waals surface area (Å²) in [7, 11) is -1.65. The molecule has 26 heavy (non-hydrogen) atoms. The standard InChI is InChI=1S/C18H21N3O4S/c1-12-16(13(2)21(19-12)14-7-5-4-6-8-14)17(22)18(23)20(3)15-9-10-26(24,25)11-15/h4-8,15H,9-11H2,1-3H3. The minimum Gasteiger partial charge on any atom is -0.335 e. The molecule has 7 nitrogen and oxygen atoms in total. The number of likely N-dealkylation sites (N-methyl/N-ethyl adjacent to an activating group) is 1. The van der Waals surface area contributed by atoms with E-state index < -0.39 is 27.6 Å². The van der Waals surface area contributed by atoms with Crippen molar-refractivity contribution in [1.82, 2.24) is 14.7 Å². The molecule has 0 saturated carbocycles. The lowest BCUT2D eigenvalue weighted by atomic mass is 10.1. The van der Waals surface area contributed by atoms with Gasteiger partial charge in [-0.25, -0.2) is 13.1 Å². The molecule has 1 saturated heterocycles. The normalized spacial score (nSPS) is 18.7. The summed E-state index contributed by atoms with van der Waals surface area (Å²) < 4.78 is 24.9. The average Bonchev–Trinajstić information content (AvgIpc) is 3.12. The Balaban J connectivity index is 1.88. The van der Waals surface area contributed by atoms with Gasteiger partial charge in [0.05, 0.1) is 34.1 Å². The molecule has 0 bridgehead atoms. The number of sulfone groups is 1. The number of aromatic nitrogens is 2. The van der Waals surface area contributed by atoms with Gasteiger partial charge in [0.1, 0.15) is 0 Å². The summed E-state index contributed by atoms with van der Waals surface area (Å²) in [6, 6.07) is 8.89. The Kier molecular flexibility index (Phi) is 4.70. The molecule has 0 aliphatic carbocycles. The van der Waals surface area contributed by atoms with Gasteiger partial charge in [0.25, 0.3) is 11.7 Å². The van der Waals surface area contributed by atoms with E-state index >= 15 is 0 Å². The molecule has 8 heteroatoms. The summed E-state index contributed by atoms with van der Waals surface area (Å²) in [5, 5.41) is 4.39. The maximum absolute atomic E-state index is 12.8. The molecule has 138 valence electrons. The second-order valence-electron chi connectivity index (χ2n) is 6.60. The van der Waals surface area contributed by atoms with Crippen LogP contribution in [0.5, 0.6) is 0 Å². The summed E-state index contributed by atoms with van der Waals surface area (Å²) in [6.45, 7) is 3.43. The third kappa shape index (κ3) is 3.29. The molecule has 1 aliphatic rings. The number of hydrogen-bond donors (Lipinski definition) is 0. The predicted molar refractivity (Wildman–Crippen MR) is 97.2 cm³/mol. The van der Waals surface area contributed by atoms with Crippen molar-refractivity contribution in [2.45, 2.75) is 26.3 Å². The van der Waals surface area contributed by atoms with E-state index in [-0.39, 0.29) is 17.1 Å². The van der Waals surface area contributed by atoms with Crippen molar-refractivity contribution in [3.05, 3.63) is 47.3 Å². The highest BCUT2D eigenvalue weighted by Gasteiger charge is 2.36. The highest BCUT2D eigenvalue weighted by atomic mass is 32.2. The van der Waals surface area contributed by atoms with Crippen LogP contribution in [0.25, 0.3) is 5.69 Å². The first kappa shape index (κ1) is 18.3. The van der Waals surface area contributed by atoms with Crippen LogP contribution >= 0.6 is 0 Å². The zero-order chi connectivity index (χ0) is 19.1. The maximum atomic E-state index is 12.8. The molecule has 1 fully saturated rings. The Morgan fingerprint density at radius 3 is 2.42 bits per heavy atom. The van der Waals surface area contributed by atoms with Gasteiger partial charge in [-0.15, -0.1) is 0 Å². The van der Waals surface area contributed by atoms with Crippen molar-refractivity contribution >= 4 is 21.5 Å². The quantitative estimate of drug-likeness (QED) is 0.594. The minimum atomic E-state index is -3.13. The fraction of sp³-hybridized carbons (Fsp3) is 0.389. The molecule has 1 aromatic heterocycles. The number of ketones is 1. The number of carbonyl (C=O) groups excluding carboxylic acids is 2. The van der Waals surface area contributed by atoms with Gasteiger partial charge in [0.2, 0.25) is 0 Å². The van der Waals surface area contributed by atoms with Crippen LogP contribution in [0.4, 0.5) is 0 Å². The predicted octanol–water partition coefficient (Wildman–Crippen LogP) is 1.32. The number of nitrogens with zero attached hydrogens (tertiary/aromatic N) is 3. The van der Waals surface area contributed by atoms with Gasteiger partial charge in [0.15, 0.2) is 9.84 Å². The lowest BCUT2D eigenvalue weighted by Crippen LogP contribution is -2.42. The van der Waals surface area contributed by atoms with Crippen LogP contribution in [0.2, 0.25) is 0 Å². The summed E-state index contributed by atoms with van der Waals surface area (Å²) in [6.07, 6.45) is 0.360. The Hall–Kier alpha value is -2.48. The minimum absolute atomic E-state index is 0.0491. The number of carbonyl (C=O) groups is 2. The first-order chi connectivity index (χ1) is 12.2. The Morgan fingerprint density at radius 2 is 1.85 bits per heavy atom. The van der Waals surface area contributed by atoms with Crippen molar-refractivity contribution in [2.75, 3.05) is 18.6 Å². The van der Waals surface area contributed by atoms with E-state index in [1.165, 1.54) is 11.9 Å². The average molecular weight is 375 g/mol. The molecule has 1 aliphatic heterocycles. The fourth-order valence-electron chi connectivity index (χ4n) is 3.31. The number of benzene rings is 1. The Labute approximate surface area is 152 Å². The second kappa shape index (κ2) is 6.68. The highest BCUT2D eigenvalue weighted by Crippen LogP contribution is 2.21. The number of rotatable bonds is 4. The van der Waals surface area contributed by atoms with Crippen molar-refractivity contribution in [3.63, 3.8) is 0 Å². The molecule has 1 amide bonds. The van der Waals surface area contributed by atoms with Crippen LogP contribution in [-0.2, 0) is 14.6 Å². The summed E-state index contributed by atoms with van der Waals surface area (Å²) in [5.41, 5.74) is 2.12. The summed E-state index contributed by atoms with van der Waals surface area (Å²) in [5.74, 6) is -1.41. The maximum Gasteiger partial charge on any atom is 0.295 e. The zero-order valence-electron chi connectivity index (χ0n) is 15.0. The molecule has 1 atom stereocenters. The van der Waals surface area contributed by atoms with E-state index in [1.54, 1.807) is 18.5 Å². The SMILES string of the molecule is Cc1nn(-c2ccccc2)c(C)c1C(=O)C(=O)N(C)C1CCS(=O)(=O)C1. The van der Waals surface area contributed by atoms with Gasteiger partial charge in [-0.2, -0.15) is 5.10 Å². The largest absolute Gasteiger partial charge is 0.335 e. The smallest absolute Gasteiger partial charge is 0.295 e. The fourth-order valence-corrected chi connectivity index (χ4v) is 5.08. The molecule has 0 radical (unpaired) electrons. The van der Waals surface area contributed by atoms with Crippen LogP contribution in [0.1, 0.15) is 28.2 Å². The molecule has 2 aromatic rings. The number of Topliss-reactive ketones (excluding diaryl/α,β-unsaturated/α-hetero) is 1. The first-order valence-corrected chi connectivity index (χ1v) is 10.2. The first-order valence-electron chi connectivity index (χ1n) is 8.35. The second-order valence-corrected chi connectivity index (χ2v) is 8.82. The van der Waals surface area contributed by atoms with Crippen LogP contribution in [-0.4, -0.2) is 59.4 Å². The zero-order valence-corrected chi connectivity index (χ0v) is 15.8. The van der Waals surface area contributed by atoms with Crippen LogP contribution in [0.3, 0.4) is 0 Å². The third-order valence-electron chi connectivity index (χ3n) is 4.79. The lowest BCUT2D eigenvalue weighted by molar-refractivity contribution is -0.126.